The van der Waals surface area contributed by atoms with Gasteiger partial charge >= 0.3 is 0 Å². The van der Waals surface area contributed by atoms with Gasteiger partial charge in [0.1, 0.15) is 0 Å². The molecule has 1 aromatic carbocycles. The van der Waals surface area contributed by atoms with Crippen molar-refractivity contribution in [1.82, 2.24) is 14.7 Å². The number of carbonyl (C=O) groups excluding carboxylic acids is 2. The van der Waals surface area contributed by atoms with Crippen LogP contribution in [-0.4, -0.2) is 65.3 Å². The zero-order valence-electron chi connectivity index (χ0n) is 14.6. The molecule has 2 fully saturated rings. The molecule has 24 heavy (non-hydrogen) atoms. The number of piperazine rings is 1. The fraction of sp³-hybridized carbons (Fsp3) is 0.579. The van der Waals surface area contributed by atoms with Crippen LogP contribution in [0.5, 0.6) is 0 Å². The second kappa shape index (κ2) is 7.34. The second-order valence-electron chi connectivity index (χ2n) is 7.12. The van der Waals surface area contributed by atoms with Crippen molar-refractivity contribution in [2.45, 2.75) is 32.9 Å². The van der Waals surface area contributed by atoms with Crippen LogP contribution in [-0.2, 0) is 16.1 Å². The summed E-state index contributed by atoms with van der Waals surface area (Å²) < 4.78 is 0. The smallest absolute Gasteiger partial charge is 0.228 e. The van der Waals surface area contributed by atoms with Crippen LogP contribution in [0.15, 0.2) is 30.3 Å². The van der Waals surface area contributed by atoms with Crippen molar-refractivity contribution in [2.75, 3.05) is 32.7 Å². The van der Waals surface area contributed by atoms with Crippen LogP contribution in [0.2, 0.25) is 0 Å². The first-order valence-corrected chi connectivity index (χ1v) is 8.89. The largest absolute Gasteiger partial charge is 0.340 e. The van der Waals surface area contributed by atoms with Gasteiger partial charge in [0.25, 0.3) is 0 Å². The fourth-order valence-corrected chi connectivity index (χ4v) is 3.61. The zero-order chi connectivity index (χ0) is 17.1. The van der Waals surface area contributed by atoms with E-state index in [1.54, 1.807) is 0 Å². The first kappa shape index (κ1) is 17.0. The van der Waals surface area contributed by atoms with Gasteiger partial charge in [-0.3, -0.25) is 14.5 Å². The molecule has 0 aliphatic carbocycles. The molecule has 1 aromatic rings. The van der Waals surface area contributed by atoms with E-state index in [9.17, 15) is 9.59 Å². The maximum atomic E-state index is 12.7. The lowest BCUT2D eigenvalue weighted by atomic mass is 10.1. The van der Waals surface area contributed by atoms with Crippen LogP contribution in [0, 0.1) is 5.92 Å². The Kier molecular flexibility index (Phi) is 5.19. The van der Waals surface area contributed by atoms with Gasteiger partial charge < -0.3 is 9.80 Å². The van der Waals surface area contributed by atoms with Gasteiger partial charge in [-0.15, -0.1) is 0 Å². The molecule has 0 saturated carbocycles. The van der Waals surface area contributed by atoms with E-state index in [0.717, 1.165) is 31.7 Å². The first-order chi connectivity index (χ1) is 11.5. The standard InChI is InChI=1S/C19H27N3O2/c1-15(2)20-8-10-21(11-9-20)19(24)17-12-18(23)22(14-17)13-16-6-4-3-5-7-16/h3-7,15,17H,8-14H2,1-2H3. The molecule has 0 aromatic heterocycles. The number of carbonyl (C=O) groups is 2. The second-order valence-corrected chi connectivity index (χ2v) is 7.12. The van der Waals surface area contributed by atoms with Gasteiger partial charge in [-0.05, 0) is 19.4 Å². The summed E-state index contributed by atoms with van der Waals surface area (Å²) in [6, 6.07) is 10.5. The lowest BCUT2D eigenvalue weighted by molar-refractivity contribution is -0.137. The highest BCUT2D eigenvalue weighted by molar-refractivity contribution is 5.89. The minimum absolute atomic E-state index is 0.0954. The summed E-state index contributed by atoms with van der Waals surface area (Å²) in [5, 5.41) is 0. The molecule has 2 aliphatic rings. The molecule has 2 aliphatic heterocycles. The zero-order valence-corrected chi connectivity index (χ0v) is 14.6. The number of hydrogen-bond acceptors (Lipinski definition) is 3. The number of benzene rings is 1. The molecule has 5 heteroatoms. The van der Waals surface area contributed by atoms with E-state index in [2.05, 4.69) is 18.7 Å². The number of amides is 2. The van der Waals surface area contributed by atoms with E-state index in [-0.39, 0.29) is 17.7 Å². The average Bonchev–Trinajstić information content (AvgIpc) is 2.96. The quantitative estimate of drug-likeness (QED) is 0.842. The van der Waals surface area contributed by atoms with Crippen molar-refractivity contribution in [1.29, 1.82) is 0 Å². The van der Waals surface area contributed by atoms with Crippen molar-refractivity contribution < 1.29 is 9.59 Å². The van der Waals surface area contributed by atoms with Gasteiger partial charge in [0.05, 0.1) is 5.92 Å². The molecule has 3 rings (SSSR count). The van der Waals surface area contributed by atoms with Gasteiger partial charge in [-0.1, -0.05) is 30.3 Å². The van der Waals surface area contributed by atoms with Gasteiger partial charge in [0, 0.05) is 51.7 Å². The summed E-state index contributed by atoms with van der Waals surface area (Å²) in [4.78, 5) is 31.2. The van der Waals surface area contributed by atoms with Crippen LogP contribution in [0.3, 0.4) is 0 Å². The van der Waals surface area contributed by atoms with Crippen LogP contribution >= 0.6 is 0 Å². The Morgan fingerprint density at radius 2 is 1.79 bits per heavy atom. The molecule has 0 bridgehead atoms. The molecule has 2 amide bonds. The van der Waals surface area contributed by atoms with Gasteiger partial charge in [0.15, 0.2) is 0 Å². The minimum Gasteiger partial charge on any atom is -0.340 e. The maximum absolute atomic E-state index is 12.7. The Bertz CT molecular complexity index is 580. The van der Waals surface area contributed by atoms with Crippen molar-refractivity contribution in [2.24, 2.45) is 5.92 Å². The minimum atomic E-state index is -0.174. The molecular formula is C19H27N3O2. The predicted molar refractivity (Wildman–Crippen MR) is 93.3 cm³/mol. The van der Waals surface area contributed by atoms with Crippen molar-refractivity contribution in [3.05, 3.63) is 35.9 Å². The Balaban J connectivity index is 1.54. The van der Waals surface area contributed by atoms with Crippen LogP contribution in [0.25, 0.3) is 0 Å². The summed E-state index contributed by atoms with van der Waals surface area (Å²) >= 11 is 0. The van der Waals surface area contributed by atoms with Crippen molar-refractivity contribution >= 4 is 11.8 Å². The summed E-state index contributed by atoms with van der Waals surface area (Å²) in [6.07, 6.45) is 0.357. The van der Waals surface area contributed by atoms with E-state index in [0.29, 0.717) is 25.6 Å². The van der Waals surface area contributed by atoms with E-state index < -0.39 is 0 Å². The first-order valence-electron chi connectivity index (χ1n) is 8.89. The third-order valence-corrected chi connectivity index (χ3v) is 5.14. The van der Waals surface area contributed by atoms with Gasteiger partial charge in [-0.25, -0.2) is 0 Å². The highest BCUT2D eigenvalue weighted by Gasteiger charge is 2.37. The number of nitrogens with zero attached hydrogens (tertiary/aromatic N) is 3. The molecule has 2 heterocycles. The molecule has 0 radical (unpaired) electrons. The SMILES string of the molecule is CC(C)N1CCN(C(=O)C2CC(=O)N(Cc3ccccc3)C2)CC1. The predicted octanol–water partition coefficient (Wildman–Crippen LogP) is 1.59. The van der Waals surface area contributed by atoms with E-state index in [1.807, 2.05) is 40.1 Å². The maximum Gasteiger partial charge on any atom is 0.228 e. The van der Waals surface area contributed by atoms with E-state index in [4.69, 9.17) is 0 Å². The monoisotopic (exact) mass is 329 g/mol. The number of hydrogen-bond donors (Lipinski definition) is 0. The Morgan fingerprint density at radius 3 is 2.42 bits per heavy atom. The van der Waals surface area contributed by atoms with E-state index in [1.165, 1.54) is 0 Å². The molecule has 5 nitrogen and oxygen atoms in total. The molecule has 1 unspecified atom stereocenters. The Hall–Kier alpha value is -1.88. The normalized spacial score (nSPS) is 22.5. The third kappa shape index (κ3) is 3.78. The summed E-state index contributed by atoms with van der Waals surface area (Å²) in [6.45, 7) is 8.95. The Labute approximate surface area is 144 Å². The third-order valence-electron chi connectivity index (χ3n) is 5.14. The van der Waals surface area contributed by atoms with Crippen molar-refractivity contribution in [3.63, 3.8) is 0 Å². The summed E-state index contributed by atoms with van der Waals surface area (Å²) in [5.41, 5.74) is 1.12. The molecule has 0 spiro atoms. The fourth-order valence-electron chi connectivity index (χ4n) is 3.61. The van der Waals surface area contributed by atoms with E-state index >= 15 is 0 Å². The lowest BCUT2D eigenvalue weighted by Gasteiger charge is -2.37. The summed E-state index contributed by atoms with van der Waals surface area (Å²) in [5.74, 6) is 0.0761. The highest BCUT2D eigenvalue weighted by atomic mass is 16.2. The molecular weight excluding hydrogens is 302 g/mol. The lowest BCUT2D eigenvalue weighted by Crippen LogP contribution is -2.52. The molecule has 1 atom stereocenters. The molecule has 0 N–H and O–H groups in total. The highest BCUT2D eigenvalue weighted by Crippen LogP contribution is 2.23. The van der Waals surface area contributed by atoms with Crippen LogP contribution in [0.4, 0.5) is 0 Å². The average molecular weight is 329 g/mol. The van der Waals surface area contributed by atoms with Gasteiger partial charge in [-0.2, -0.15) is 0 Å². The number of rotatable bonds is 4. The topological polar surface area (TPSA) is 43.9 Å². The molecule has 2 saturated heterocycles. The summed E-state index contributed by atoms with van der Waals surface area (Å²) in [7, 11) is 0. The Morgan fingerprint density at radius 1 is 1.12 bits per heavy atom. The number of likely N-dealkylation sites (tertiary alicyclic amines) is 1. The van der Waals surface area contributed by atoms with Crippen LogP contribution < -0.4 is 0 Å². The molecule has 130 valence electrons. The van der Waals surface area contributed by atoms with Crippen LogP contribution in [0.1, 0.15) is 25.8 Å². The van der Waals surface area contributed by atoms with Gasteiger partial charge in [0.2, 0.25) is 11.8 Å². The van der Waals surface area contributed by atoms with Crippen molar-refractivity contribution in [3.8, 4) is 0 Å².